The first-order chi connectivity index (χ1) is 9.06. The van der Waals surface area contributed by atoms with Crippen LogP contribution in [-0.2, 0) is 4.79 Å². The molecule has 1 aromatic carbocycles. The molecule has 0 radical (unpaired) electrons. The Morgan fingerprint density at radius 2 is 2.05 bits per heavy atom. The smallest absolute Gasteiger partial charge is 0.238 e. The molecule has 20 heavy (non-hydrogen) atoms. The number of nitrogens with two attached hydrogens (primary N) is 1. The Labute approximate surface area is 135 Å². The third-order valence-corrected chi connectivity index (χ3v) is 3.77. The van der Waals surface area contributed by atoms with E-state index in [0.717, 1.165) is 25.9 Å². The monoisotopic (exact) mass is 337 g/mol. The summed E-state index contributed by atoms with van der Waals surface area (Å²) in [5, 5.41) is 3.64. The van der Waals surface area contributed by atoms with Crippen LogP contribution in [0.25, 0.3) is 0 Å². The highest BCUT2D eigenvalue weighted by Gasteiger charge is 2.19. The van der Waals surface area contributed by atoms with E-state index in [2.05, 4.69) is 5.32 Å². The van der Waals surface area contributed by atoms with Gasteiger partial charge in [-0.25, -0.2) is 0 Å². The van der Waals surface area contributed by atoms with Gasteiger partial charge in [-0.1, -0.05) is 29.3 Å². The topological polar surface area (TPSA) is 58.4 Å². The van der Waals surface area contributed by atoms with Crippen LogP contribution >= 0.6 is 35.6 Å². The van der Waals surface area contributed by atoms with Crippen LogP contribution in [0.5, 0.6) is 0 Å². The summed E-state index contributed by atoms with van der Waals surface area (Å²) in [4.78, 5) is 14.0. The maximum Gasteiger partial charge on any atom is 0.238 e. The first-order valence-corrected chi connectivity index (χ1v) is 7.03. The lowest BCUT2D eigenvalue weighted by molar-refractivity contribution is -0.117. The summed E-state index contributed by atoms with van der Waals surface area (Å²) in [5.41, 5.74) is 6.36. The van der Waals surface area contributed by atoms with Gasteiger partial charge in [0.25, 0.3) is 0 Å². The zero-order valence-electron chi connectivity index (χ0n) is 10.9. The standard InChI is InChI=1S/C13H17Cl2N3O.ClH/c14-10-4-1-5-11(15)13(10)17-12(19)8-18-6-2-3-9(16)7-18;/h1,4-5,9H,2-3,6-8,16H2,(H,17,19);1H. The number of hydrogen-bond acceptors (Lipinski definition) is 3. The lowest BCUT2D eigenvalue weighted by Gasteiger charge is -2.30. The average molecular weight is 339 g/mol. The molecule has 1 aliphatic rings. The van der Waals surface area contributed by atoms with Gasteiger partial charge in [0, 0.05) is 12.6 Å². The number of hydrogen-bond donors (Lipinski definition) is 2. The number of piperidine rings is 1. The van der Waals surface area contributed by atoms with E-state index in [1.54, 1.807) is 18.2 Å². The number of halogens is 3. The van der Waals surface area contributed by atoms with Crippen molar-refractivity contribution in [2.75, 3.05) is 25.0 Å². The fourth-order valence-corrected chi connectivity index (χ4v) is 2.73. The summed E-state index contributed by atoms with van der Waals surface area (Å²) in [5.74, 6) is -0.121. The van der Waals surface area contributed by atoms with Crippen molar-refractivity contribution in [1.82, 2.24) is 4.90 Å². The SMILES string of the molecule is Cl.NC1CCCN(CC(=O)Nc2c(Cl)cccc2Cl)C1. The fraction of sp³-hybridized carbons (Fsp3) is 0.462. The van der Waals surface area contributed by atoms with Gasteiger partial charge < -0.3 is 11.1 Å². The highest BCUT2D eigenvalue weighted by molar-refractivity contribution is 6.39. The quantitative estimate of drug-likeness (QED) is 0.891. The van der Waals surface area contributed by atoms with Crippen LogP contribution in [0.2, 0.25) is 10.0 Å². The molecule has 4 nitrogen and oxygen atoms in total. The molecule has 0 saturated carbocycles. The Morgan fingerprint density at radius 1 is 1.40 bits per heavy atom. The van der Waals surface area contributed by atoms with Crippen LogP contribution in [0.15, 0.2) is 18.2 Å². The molecule has 0 spiro atoms. The Morgan fingerprint density at radius 3 is 2.65 bits per heavy atom. The zero-order chi connectivity index (χ0) is 13.8. The number of carbonyl (C=O) groups excluding carboxylic acids is 1. The number of carbonyl (C=O) groups is 1. The highest BCUT2D eigenvalue weighted by Crippen LogP contribution is 2.29. The lowest BCUT2D eigenvalue weighted by Crippen LogP contribution is -2.45. The molecule has 1 unspecified atom stereocenters. The second-order valence-corrected chi connectivity index (χ2v) is 5.60. The van der Waals surface area contributed by atoms with E-state index in [-0.39, 0.29) is 24.4 Å². The van der Waals surface area contributed by atoms with Crippen molar-refractivity contribution >= 4 is 47.2 Å². The number of benzene rings is 1. The molecular formula is C13H18Cl3N3O. The number of amides is 1. The summed E-state index contributed by atoms with van der Waals surface area (Å²) in [6.07, 6.45) is 2.05. The molecule has 1 atom stereocenters. The van der Waals surface area contributed by atoms with Gasteiger partial charge in [0.15, 0.2) is 0 Å². The molecule has 0 aliphatic carbocycles. The maximum atomic E-state index is 12.0. The van der Waals surface area contributed by atoms with Gasteiger partial charge in [0.2, 0.25) is 5.91 Å². The molecule has 1 aliphatic heterocycles. The van der Waals surface area contributed by atoms with E-state index < -0.39 is 0 Å². The first-order valence-electron chi connectivity index (χ1n) is 6.28. The number of anilines is 1. The highest BCUT2D eigenvalue weighted by atomic mass is 35.5. The minimum atomic E-state index is -0.121. The maximum absolute atomic E-state index is 12.0. The predicted octanol–water partition coefficient (Wildman–Crippen LogP) is 2.78. The largest absolute Gasteiger partial charge is 0.327 e. The number of likely N-dealkylation sites (tertiary alicyclic amines) is 1. The molecular weight excluding hydrogens is 321 g/mol. The molecule has 0 bridgehead atoms. The van der Waals surface area contributed by atoms with Crippen LogP contribution in [0.3, 0.4) is 0 Å². The van der Waals surface area contributed by atoms with Gasteiger partial charge in [-0.2, -0.15) is 0 Å². The van der Waals surface area contributed by atoms with Crippen LogP contribution < -0.4 is 11.1 Å². The van der Waals surface area contributed by atoms with Crippen molar-refractivity contribution < 1.29 is 4.79 Å². The summed E-state index contributed by atoms with van der Waals surface area (Å²) >= 11 is 12.0. The average Bonchev–Trinajstić information content (AvgIpc) is 2.34. The van der Waals surface area contributed by atoms with Gasteiger partial charge in [-0.05, 0) is 31.5 Å². The van der Waals surface area contributed by atoms with Crippen molar-refractivity contribution in [2.24, 2.45) is 5.73 Å². The second-order valence-electron chi connectivity index (χ2n) is 4.78. The summed E-state index contributed by atoms with van der Waals surface area (Å²) in [7, 11) is 0. The fourth-order valence-electron chi connectivity index (χ4n) is 2.23. The lowest BCUT2D eigenvalue weighted by atomic mass is 10.1. The van der Waals surface area contributed by atoms with Crippen molar-refractivity contribution in [3.8, 4) is 0 Å². The molecule has 1 amide bonds. The van der Waals surface area contributed by atoms with Crippen LogP contribution in [-0.4, -0.2) is 36.5 Å². The number of nitrogens with zero attached hydrogens (tertiary/aromatic N) is 1. The summed E-state index contributed by atoms with van der Waals surface area (Å²) < 4.78 is 0. The van der Waals surface area contributed by atoms with Gasteiger partial charge >= 0.3 is 0 Å². The van der Waals surface area contributed by atoms with E-state index in [9.17, 15) is 4.79 Å². The third kappa shape index (κ3) is 4.79. The minimum Gasteiger partial charge on any atom is -0.327 e. The van der Waals surface area contributed by atoms with Crippen molar-refractivity contribution in [1.29, 1.82) is 0 Å². The van der Waals surface area contributed by atoms with E-state index in [1.165, 1.54) is 0 Å². The number of para-hydroxylation sites is 1. The first kappa shape index (κ1) is 17.5. The molecule has 7 heteroatoms. The molecule has 112 valence electrons. The number of rotatable bonds is 3. The molecule has 2 rings (SSSR count). The van der Waals surface area contributed by atoms with E-state index in [0.29, 0.717) is 22.3 Å². The van der Waals surface area contributed by atoms with Crippen molar-refractivity contribution in [3.63, 3.8) is 0 Å². The molecule has 1 saturated heterocycles. The van der Waals surface area contributed by atoms with Gasteiger partial charge in [-0.15, -0.1) is 12.4 Å². The number of nitrogens with one attached hydrogen (secondary N) is 1. The Bertz CT molecular complexity index is 450. The minimum absolute atomic E-state index is 0. The normalized spacial score (nSPS) is 19.2. The Kier molecular flexibility index (Phi) is 7.06. The molecule has 0 aromatic heterocycles. The van der Waals surface area contributed by atoms with Crippen molar-refractivity contribution in [3.05, 3.63) is 28.2 Å². The van der Waals surface area contributed by atoms with Gasteiger partial charge in [-0.3, -0.25) is 9.69 Å². The summed E-state index contributed by atoms with van der Waals surface area (Å²) in [6, 6.07) is 5.29. The van der Waals surface area contributed by atoms with Gasteiger partial charge in [0.05, 0.1) is 22.3 Å². The van der Waals surface area contributed by atoms with Crippen LogP contribution in [0, 0.1) is 0 Å². The Hall–Kier alpha value is -0.520. The van der Waals surface area contributed by atoms with E-state index >= 15 is 0 Å². The second kappa shape index (κ2) is 8.05. The Balaban J connectivity index is 0.00000200. The van der Waals surface area contributed by atoms with Crippen molar-refractivity contribution in [2.45, 2.75) is 18.9 Å². The van der Waals surface area contributed by atoms with Crippen LogP contribution in [0.4, 0.5) is 5.69 Å². The zero-order valence-corrected chi connectivity index (χ0v) is 13.3. The molecule has 1 fully saturated rings. The van der Waals surface area contributed by atoms with Gasteiger partial charge in [0.1, 0.15) is 0 Å². The summed E-state index contributed by atoms with van der Waals surface area (Å²) in [6.45, 7) is 1.97. The molecule has 1 heterocycles. The predicted molar refractivity (Wildman–Crippen MR) is 86.0 cm³/mol. The third-order valence-electron chi connectivity index (χ3n) is 3.14. The van der Waals surface area contributed by atoms with E-state index in [1.807, 2.05) is 4.90 Å². The van der Waals surface area contributed by atoms with Crippen LogP contribution in [0.1, 0.15) is 12.8 Å². The molecule has 1 aromatic rings. The van der Waals surface area contributed by atoms with E-state index in [4.69, 9.17) is 28.9 Å². The molecule has 3 N–H and O–H groups in total.